The molecule has 110 valence electrons. The van der Waals surface area contributed by atoms with Gasteiger partial charge < -0.3 is 5.32 Å². The molecule has 21 heavy (non-hydrogen) atoms. The summed E-state index contributed by atoms with van der Waals surface area (Å²) in [5, 5.41) is 15.2. The van der Waals surface area contributed by atoms with E-state index in [4.69, 9.17) is 0 Å². The number of nitrogens with one attached hydrogen (secondary N) is 1. The van der Waals surface area contributed by atoms with Crippen LogP contribution < -0.4 is 5.32 Å². The summed E-state index contributed by atoms with van der Waals surface area (Å²) < 4.78 is 0. The Morgan fingerprint density at radius 1 is 1.38 bits per heavy atom. The zero-order valence-electron chi connectivity index (χ0n) is 12.3. The number of rotatable bonds is 3. The molecule has 1 aliphatic carbocycles. The van der Waals surface area contributed by atoms with Gasteiger partial charge in [-0.15, -0.1) is 0 Å². The normalized spacial score (nSPS) is 20.6. The molecule has 0 amide bonds. The molecule has 1 aromatic heterocycles. The molecule has 0 radical (unpaired) electrons. The lowest BCUT2D eigenvalue weighted by Gasteiger charge is -2.19. The third-order valence-electron chi connectivity index (χ3n) is 4.27. The number of nitro groups is 1. The second-order valence-electron chi connectivity index (χ2n) is 6.54. The van der Waals surface area contributed by atoms with Crippen molar-refractivity contribution in [2.75, 3.05) is 5.32 Å². The van der Waals surface area contributed by atoms with E-state index in [1.165, 1.54) is 6.42 Å². The van der Waals surface area contributed by atoms with E-state index >= 15 is 0 Å². The van der Waals surface area contributed by atoms with Crippen LogP contribution >= 0.6 is 0 Å². The van der Waals surface area contributed by atoms with Crippen molar-refractivity contribution in [3.63, 3.8) is 0 Å². The first-order valence-corrected chi connectivity index (χ1v) is 7.25. The average Bonchev–Trinajstić information content (AvgIpc) is 2.78. The molecule has 5 nitrogen and oxygen atoms in total. The molecule has 1 heterocycles. The van der Waals surface area contributed by atoms with Gasteiger partial charge in [0.05, 0.1) is 16.0 Å². The Hall–Kier alpha value is -2.17. The standard InChI is InChI=1S/C16H19N3O2/c1-16(2)8-7-11(10-16)18-13-5-6-14(19(20)21)12-4-3-9-17-15(12)13/h3-6,9,11,18H,7-8,10H2,1-2H3. The fraction of sp³-hybridized carbons (Fsp3) is 0.438. The number of hydrogen-bond donors (Lipinski definition) is 1. The number of benzene rings is 1. The van der Waals surface area contributed by atoms with E-state index in [2.05, 4.69) is 24.1 Å². The van der Waals surface area contributed by atoms with E-state index < -0.39 is 0 Å². The minimum absolute atomic E-state index is 0.107. The monoisotopic (exact) mass is 285 g/mol. The smallest absolute Gasteiger partial charge is 0.278 e. The molecule has 0 saturated heterocycles. The number of nitro benzene ring substituents is 1. The van der Waals surface area contributed by atoms with E-state index in [1.807, 2.05) is 0 Å². The van der Waals surface area contributed by atoms with Gasteiger partial charge in [-0.2, -0.15) is 0 Å². The lowest BCUT2D eigenvalue weighted by atomic mass is 9.92. The number of hydrogen-bond acceptors (Lipinski definition) is 4. The Balaban J connectivity index is 1.97. The van der Waals surface area contributed by atoms with Crippen molar-refractivity contribution in [2.24, 2.45) is 5.41 Å². The second kappa shape index (κ2) is 4.98. The highest BCUT2D eigenvalue weighted by Gasteiger charge is 2.31. The van der Waals surface area contributed by atoms with E-state index in [-0.39, 0.29) is 10.6 Å². The zero-order valence-corrected chi connectivity index (χ0v) is 12.3. The highest BCUT2D eigenvalue weighted by Crippen LogP contribution is 2.39. The van der Waals surface area contributed by atoms with Gasteiger partial charge in [0.2, 0.25) is 0 Å². The second-order valence-corrected chi connectivity index (χ2v) is 6.54. The molecule has 3 rings (SSSR count). The number of aromatic nitrogens is 1. The van der Waals surface area contributed by atoms with E-state index in [0.717, 1.165) is 18.5 Å². The summed E-state index contributed by atoms with van der Waals surface area (Å²) in [6.07, 6.45) is 5.11. The molecule has 1 aromatic carbocycles. The fourth-order valence-corrected chi connectivity index (χ4v) is 3.21. The van der Waals surface area contributed by atoms with Gasteiger partial charge in [-0.3, -0.25) is 15.1 Å². The van der Waals surface area contributed by atoms with Gasteiger partial charge in [0.15, 0.2) is 0 Å². The number of pyridine rings is 1. The summed E-state index contributed by atoms with van der Waals surface area (Å²) in [5.41, 5.74) is 2.03. The number of anilines is 1. The SMILES string of the molecule is CC1(C)CCC(Nc2ccc([N+](=O)[O-])c3cccnc23)C1. The summed E-state index contributed by atoms with van der Waals surface area (Å²) in [4.78, 5) is 15.1. The van der Waals surface area contributed by atoms with Crippen LogP contribution in [0.15, 0.2) is 30.5 Å². The van der Waals surface area contributed by atoms with Crippen LogP contribution in [0.1, 0.15) is 33.1 Å². The summed E-state index contributed by atoms with van der Waals surface area (Å²) in [6.45, 7) is 4.56. The van der Waals surface area contributed by atoms with Gasteiger partial charge >= 0.3 is 0 Å². The van der Waals surface area contributed by atoms with Crippen molar-refractivity contribution >= 4 is 22.3 Å². The van der Waals surface area contributed by atoms with Gasteiger partial charge in [0.25, 0.3) is 5.69 Å². The highest BCUT2D eigenvalue weighted by atomic mass is 16.6. The molecule has 1 aliphatic rings. The topological polar surface area (TPSA) is 68.1 Å². The van der Waals surface area contributed by atoms with Crippen molar-refractivity contribution in [1.29, 1.82) is 0 Å². The van der Waals surface area contributed by atoms with Crippen molar-refractivity contribution in [3.05, 3.63) is 40.6 Å². The molecule has 5 heteroatoms. The van der Waals surface area contributed by atoms with Crippen molar-refractivity contribution in [3.8, 4) is 0 Å². The number of fused-ring (bicyclic) bond motifs is 1. The van der Waals surface area contributed by atoms with E-state index in [9.17, 15) is 10.1 Å². The molecule has 1 fully saturated rings. The molecular formula is C16H19N3O2. The lowest BCUT2D eigenvalue weighted by molar-refractivity contribution is -0.383. The minimum Gasteiger partial charge on any atom is -0.381 e. The first-order valence-electron chi connectivity index (χ1n) is 7.25. The van der Waals surface area contributed by atoms with E-state index in [1.54, 1.807) is 30.5 Å². The minimum atomic E-state index is -0.355. The quantitative estimate of drug-likeness (QED) is 0.680. The van der Waals surface area contributed by atoms with Crippen LogP contribution in [0.4, 0.5) is 11.4 Å². The first kappa shape index (κ1) is 13.8. The highest BCUT2D eigenvalue weighted by molar-refractivity contribution is 5.96. The summed E-state index contributed by atoms with van der Waals surface area (Å²) in [6, 6.07) is 7.24. The van der Waals surface area contributed by atoms with E-state index in [0.29, 0.717) is 22.4 Å². The molecular weight excluding hydrogens is 266 g/mol. The van der Waals surface area contributed by atoms with Crippen LogP contribution in [0.3, 0.4) is 0 Å². The fourth-order valence-electron chi connectivity index (χ4n) is 3.21. The summed E-state index contributed by atoms with van der Waals surface area (Å²) in [7, 11) is 0. The summed E-state index contributed by atoms with van der Waals surface area (Å²) in [5.74, 6) is 0. The maximum atomic E-state index is 11.1. The molecule has 0 spiro atoms. The van der Waals surface area contributed by atoms with Crippen molar-refractivity contribution in [2.45, 2.75) is 39.2 Å². The first-order chi connectivity index (χ1) is 9.96. The van der Waals surface area contributed by atoms with Crippen LogP contribution in [0.5, 0.6) is 0 Å². The number of non-ortho nitro benzene ring substituents is 1. The number of nitrogens with zero attached hydrogens (tertiary/aromatic N) is 2. The van der Waals surface area contributed by atoms with Crippen LogP contribution in [0.25, 0.3) is 10.9 Å². The third-order valence-corrected chi connectivity index (χ3v) is 4.27. The maximum absolute atomic E-state index is 11.1. The molecule has 1 unspecified atom stereocenters. The van der Waals surface area contributed by atoms with Gasteiger partial charge in [-0.1, -0.05) is 13.8 Å². The van der Waals surface area contributed by atoms with Crippen LogP contribution in [0.2, 0.25) is 0 Å². The Morgan fingerprint density at radius 2 is 2.19 bits per heavy atom. The molecule has 2 aromatic rings. The van der Waals surface area contributed by atoms with Gasteiger partial charge in [0.1, 0.15) is 5.52 Å². The Bertz CT molecular complexity index is 697. The van der Waals surface area contributed by atoms with Crippen molar-refractivity contribution < 1.29 is 4.92 Å². The molecule has 1 saturated carbocycles. The lowest BCUT2D eigenvalue weighted by Crippen LogP contribution is -2.17. The zero-order chi connectivity index (χ0) is 15.0. The summed E-state index contributed by atoms with van der Waals surface area (Å²) >= 11 is 0. The Morgan fingerprint density at radius 3 is 2.86 bits per heavy atom. The van der Waals surface area contributed by atoms with Gasteiger partial charge in [0, 0.05) is 18.3 Å². The molecule has 1 N–H and O–H groups in total. The molecule has 0 aliphatic heterocycles. The predicted octanol–water partition coefficient (Wildman–Crippen LogP) is 4.13. The largest absolute Gasteiger partial charge is 0.381 e. The molecule has 1 atom stereocenters. The van der Waals surface area contributed by atoms with Crippen LogP contribution in [-0.4, -0.2) is 15.9 Å². The average molecular weight is 285 g/mol. The van der Waals surface area contributed by atoms with Gasteiger partial charge in [-0.25, -0.2) is 0 Å². The Labute approximate surface area is 123 Å². The third kappa shape index (κ3) is 2.68. The maximum Gasteiger partial charge on any atom is 0.278 e. The van der Waals surface area contributed by atoms with Crippen LogP contribution in [0, 0.1) is 15.5 Å². The predicted molar refractivity (Wildman–Crippen MR) is 83.4 cm³/mol. The Kier molecular flexibility index (Phi) is 3.27. The van der Waals surface area contributed by atoms with Crippen LogP contribution in [-0.2, 0) is 0 Å². The van der Waals surface area contributed by atoms with Gasteiger partial charge in [-0.05, 0) is 42.9 Å². The van der Waals surface area contributed by atoms with Crippen molar-refractivity contribution in [1.82, 2.24) is 4.98 Å². The molecule has 0 bridgehead atoms.